The Morgan fingerprint density at radius 2 is 1.89 bits per heavy atom. The fourth-order valence-electron chi connectivity index (χ4n) is 4.34. The fraction of sp³-hybridized carbons (Fsp3) is 0.417. The summed E-state index contributed by atoms with van der Waals surface area (Å²) < 4.78 is 70.0. The van der Waals surface area contributed by atoms with Crippen LogP contribution in [0.5, 0.6) is 0 Å². The molecule has 35 heavy (non-hydrogen) atoms. The highest BCUT2D eigenvalue weighted by atomic mass is 19.4. The largest absolute Gasteiger partial charge is 0.419 e. The summed E-state index contributed by atoms with van der Waals surface area (Å²) >= 11 is 0. The second kappa shape index (κ2) is 8.78. The summed E-state index contributed by atoms with van der Waals surface area (Å²) in [6.45, 7) is 2.90. The number of fused-ring (bicyclic) bond motifs is 1. The van der Waals surface area contributed by atoms with Gasteiger partial charge in [-0.15, -0.1) is 0 Å². The normalized spacial score (nSPS) is 16.9. The van der Waals surface area contributed by atoms with Crippen LogP contribution in [0.3, 0.4) is 0 Å². The molecule has 4 rings (SSSR count). The Hall–Kier alpha value is -3.21. The number of carbonyl (C=O) groups excluding carboxylic acids is 1. The van der Waals surface area contributed by atoms with Crippen molar-refractivity contribution in [3.8, 4) is 11.1 Å². The number of alkyl halides is 4. The molecular formula is C24H24F5N3O3. The van der Waals surface area contributed by atoms with Crippen molar-refractivity contribution in [2.45, 2.75) is 51.3 Å². The van der Waals surface area contributed by atoms with Crippen molar-refractivity contribution in [3.63, 3.8) is 0 Å². The fourth-order valence-corrected chi connectivity index (χ4v) is 4.34. The van der Waals surface area contributed by atoms with Gasteiger partial charge < -0.3 is 19.1 Å². The molecule has 0 saturated carbocycles. The summed E-state index contributed by atoms with van der Waals surface area (Å²) in [7, 11) is 0. The van der Waals surface area contributed by atoms with E-state index in [1.54, 1.807) is 0 Å². The summed E-state index contributed by atoms with van der Waals surface area (Å²) in [5.74, 6) is -1.90. The molecule has 1 amide bonds. The van der Waals surface area contributed by atoms with Crippen molar-refractivity contribution in [1.82, 2.24) is 14.0 Å². The van der Waals surface area contributed by atoms with Crippen LogP contribution in [0.2, 0.25) is 0 Å². The smallest absolute Gasteiger partial charge is 0.389 e. The molecule has 11 heteroatoms. The molecule has 0 bridgehead atoms. The van der Waals surface area contributed by atoms with E-state index in [0.717, 1.165) is 10.6 Å². The molecule has 1 fully saturated rings. The quantitative estimate of drug-likeness (QED) is 0.543. The Morgan fingerprint density at radius 1 is 1.17 bits per heavy atom. The summed E-state index contributed by atoms with van der Waals surface area (Å²) in [6.07, 6.45) is -3.04. The SMILES string of the molecule is CC(C)(O)Cn1cc(-c2ccc(F)c(C(F)(F)F)c2)c2c(=O)n(CC(=O)N3CCC(F)C3)ccc21. The third-order valence-corrected chi connectivity index (χ3v) is 5.94. The Bertz CT molecular complexity index is 1340. The van der Waals surface area contributed by atoms with Crippen molar-refractivity contribution in [1.29, 1.82) is 0 Å². The predicted octanol–water partition coefficient (Wildman–Crippen LogP) is 3.97. The van der Waals surface area contributed by atoms with Gasteiger partial charge in [-0.05, 0) is 44.0 Å². The zero-order valence-electron chi connectivity index (χ0n) is 19.1. The van der Waals surface area contributed by atoms with Gasteiger partial charge in [0.2, 0.25) is 5.91 Å². The lowest BCUT2D eigenvalue weighted by molar-refractivity contribution is -0.140. The zero-order valence-corrected chi connectivity index (χ0v) is 19.1. The molecule has 6 nitrogen and oxygen atoms in total. The molecule has 0 aliphatic carbocycles. The van der Waals surface area contributed by atoms with E-state index in [-0.39, 0.29) is 49.1 Å². The molecule has 1 aliphatic heterocycles. The average Bonchev–Trinajstić information content (AvgIpc) is 3.33. The predicted molar refractivity (Wildman–Crippen MR) is 119 cm³/mol. The minimum Gasteiger partial charge on any atom is -0.389 e. The van der Waals surface area contributed by atoms with Crippen molar-refractivity contribution in [3.05, 3.63) is 58.4 Å². The van der Waals surface area contributed by atoms with E-state index < -0.39 is 40.8 Å². The van der Waals surface area contributed by atoms with E-state index in [1.807, 2.05) is 0 Å². The number of likely N-dealkylation sites (tertiary alicyclic amines) is 1. The van der Waals surface area contributed by atoms with Crippen LogP contribution in [0.4, 0.5) is 22.0 Å². The highest BCUT2D eigenvalue weighted by Crippen LogP contribution is 2.36. The topological polar surface area (TPSA) is 67.5 Å². The van der Waals surface area contributed by atoms with Gasteiger partial charge in [0.05, 0.1) is 35.2 Å². The summed E-state index contributed by atoms with van der Waals surface area (Å²) in [6, 6.07) is 3.98. The summed E-state index contributed by atoms with van der Waals surface area (Å²) in [5.41, 5.74) is -2.94. The Labute approximate surface area is 197 Å². The van der Waals surface area contributed by atoms with Crippen LogP contribution in [-0.4, -0.2) is 49.9 Å². The first-order valence-electron chi connectivity index (χ1n) is 11.0. The standard InChI is InChI=1S/C24H24F5N3O3/c1-23(2,35)13-32-11-16(14-3-4-18(26)17(9-14)24(27,28)29)21-19(32)6-8-31(22(21)34)12-20(33)30-7-5-15(25)10-30/h3-4,6,8-9,11,15,35H,5,7,10,12-13H2,1-2H3. The molecule has 1 aliphatic rings. The third kappa shape index (κ3) is 5.09. The van der Waals surface area contributed by atoms with Gasteiger partial charge in [-0.3, -0.25) is 9.59 Å². The number of benzene rings is 1. The van der Waals surface area contributed by atoms with Crippen LogP contribution >= 0.6 is 0 Å². The van der Waals surface area contributed by atoms with Gasteiger partial charge in [-0.1, -0.05) is 6.07 Å². The lowest BCUT2D eigenvalue weighted by Crippen LogP contribution is -2.35. The monoisotopic (exact) mass is 497 g/mol. The minimum absolute atomic E-state index is 0.0187. The number of hydrogen-bond donors (Lipinski definition) is 1. The molecule has 188 valence electrons. The Kier molecular flexibility index (Phi) is 6.25. The number of halogens is 5. The molecule has 1 aromatic carbocycles. The molecular weight excluding hydrogens is 473 g/mol. The van der Waals surface area contributed by atoms with Gasteiger partial charge in [0.1, 0.15) is 18.5 Å². The van der Waals surface area contributed by atoms with Crippen molar-refractivity contribution >= 4 is 16.8 Å². The van der Waals surface area contributed by atoms with Gasteiger partial charge in [0.25, 0.3) is 5.56 Å². The van der Waals surface area contributed by atoms with Crippen LogP contribution < -0.4 is 5.56 Å². The number of pyridine rings is 1. The summed E-state index contributed by atoms with van der Waals surface area (Å²) in [4.78, 5) is 27.3. The van der Waals surface area contributed by atoms with E-state index in [1.165, 1.54) is 41.8 Å². The van der Waals surface area contributed by atoms with Crippen LogP contribution in [-0.2, 0) is 24.1 Å². The van der Waals surface area contributed by atoms with Gasteiger partial charge in [-0.25, -0.2) is 8.78 Å². The van der Waals surface area contributed by atoms with E-state index in [4.69, 9.17) is 0 Å². The van der Waals surface area contributed by atoms with Crippen LogP contribution in [0, 0.1) is 5.82 Å². The van der Waals surface area contributed by atoms with E-state index in [0.29, 0.717) is 17.6 Å². The van der Waals surface area contributed by atoms with Crippen molar-refractivity contribution in [2.24, 2.45) is 0 Å². The minimum atomic E-state index is -4.94. The van der Waals surface area contributed by atoms with E-state index in [9.17, 15) is 36.6 Å². The van der Waals surface area contributed by atoms with Crippen LogP contribution in [0.15, 0.2) is 41.5 Å². The highest BCUT2D eigenvalue weighted by molar-refractivity contribution is 5.95. The molecule has 1 unspecified atom stereocenters. The second-order valence-corrected chi connectivity index (χ2v) is 9.41. The molecule has 3 aromatic rings. The second-order valence-electron chi connectivity index (χ2n) is 9.41. The Morgan fingerprint density at radius 3 is 2.49 bits per heavy atom. The number of aliphatic hydroxyl groups is 1. The molecule has 1 atom stereocenters. The maximum Gasteiger partial charge on any atom is 0.419 e. The zero-order chi connectivity index (χ0) is 25.7. The molecule has 0 radical (unpaired) electrons. The van der Waals surface area contributed by atoms with Gasteiger partial charge in [0, 0.05) is 24.5 Å². The van der Waals surface area contributed by atoms with Crippen LogP contribution in [0.25, 0.3) is 22.0 Å². The van der Waals surface area contributed by atoms with Gasteiger partial charge in [-0.2, -0.15) is 13.2 Å². The number of hydrogen-bond acceptors (Lipinski definition) is 3. The first-order chi connectivity index (χ1) is 16.2. The van der Waals surface area contributed by atoms with Gasteiger partial charge >= 0.3 is 6.18 Å². The van der Waals surface area contributed by atoms with Gasteiger partial charge in [0.15, 0.2) is 0 Å². The van der Waals surface area contributed by atoms with Crippen molar-refractivity contribution < 1.29 is 31.9 Å². The van der Waals surface area contributed by atoms with E-state index >= 15 is 0 Å². The first kappa shape index (κ1) is 24.9. The van der Waals surface area contributed by atoms with Crippen LogP contribution in [0.1, 0.15) is 25.8 Å². The van der Waals surface area contributed by atoms with E-state index in [2.05, 4.69) is 0 Å². The molecule has 0 spiro atoms. The number of rotatable bonds is 5. The lowest BCUT2D eigenvalue weighted by Gasteiger charge is -2.19. The third-order valence-electron chi connectivity index (χ3n) is 5.94. The summed E-state index contributed by atoms with van der Waals surface area (Å²) in [5, 5.41) is 10.3. The molecule has 3 heterocycles. The maximum absolute atomic E-state index is 13.9. The average molecular weight is 497 g/mol. The highest BCUT2D eigenvalue weighted by Gasteiger charge is 2.35. The number of amides is 1. The maximum atomic E-state index is 13.9. The Balaban J connectivity index is 1.86. The van der Waals surface area contributed by atoms with Crippen molar-refractivity contribution in [2.75, 3.05) is 13.1 Å². The lowest BCUT2D eigenvalue weighted by atomic mass is 10.0. The molecule has 2 aromatic heterocycles. The number of aromatic nitrogens is 2. The number of carbonyl (C=O) groups is 1. The molecule has 1 saturated heterocycles. The first-order valence-corrected chi connectivity index (χ1v) is 11.0. The molecule has 1 N–H and O–H groups in total. The number of nitrogens with zero attached hydrogens (tertiary/aromatic N) is 3.